The summed E-state index contributed by atoms with van der Waals surface area (Å²) in [6.07, 6.45) is 1.09. The van der Waals surface area contributed by atoms with Crippen molar-refractivity contribution in [2.75, 3.05) is 32.8 Å². The molecule has 0 bridgehead atoms. The van der Waals surface area contributed by atoms with Gasteiger partial charge < -0.3 is 14.5 Å². The van der Waals surface area contributed by atoms with Crippen LogP contribution in [0, 0.1) is 5.82 Å². The molecule has 1 saturated heterocycles. The van der Waals surface area contributed by atoms with E-state index < -0.39 is 0 Å². The largest absolute Gasteiger partial charge is 0.483 e. The van der Waals surface area contributed by atoms with Crippen molar-refractivity contribution >= 4 is 11.8 Å². The van der Waals surface area contributed by atoms with Crippen LogP contribution in [-0.4, -0.2) is 54.4 Å². The van der Waals surface area contributed by atoms with Crippen LogP contribution in [0.4, 0.5) is 4.39 Å². The lowest BCUT2D eigenvalue weighted by atomic mass is 10.1. The number of halogens is 1. The van der Waals surface area contributed by atoms with E-state index >= 15 is 0 Å². The van der Waals surface area contributed by atoms with Crippen LogP contribution < -0.4 is 4.74 Å². The molecule has 2 amide bonds. The van der Waals surface area contributed by atoms with Crippen molar-refractivity contribution in [3.05, 3.63) is 65.5 Å². The van der Waals surface area contributed by atoms with Crippen molar-refractivity contribution < 1.29 is 18.7 Å². The number of nitrogens with zero attached hydrogens (tertiary/aromatic N) is 2. The van der Waals surface area contributed by atoms with E-state index in [1.165, 1.54) is 12.1 Å². The van der Waals surface area contributed by atoms with Crippen LogP contribution >= 0.6 is 0 Å². The Hall–Kier alpha value is -2.89. The maximum atomic E-state index is 13.0. The highest BCUT2D eigenvalue weighted by atomic mass is 19.1. The summed E-state index contributed by atoms with van der Waals surface area (Å²) in [7, 11) is 0. The molecule has 0 unspecified atom stereocenters. The monoisotopic (exact) mass is 384 g/mol. The Morgan fingerprint density at radius 2 is 1.54 bits per heavy atom. The van der Waals surface area contributed by atoms with Crippen molar-refractivity contribution in [2.45, 2.75) is 19.8 Å². The standard InChI is InChI=1S/C22H25FN2O3/c1-2-18-5-3-4-6-20(18)28-16-22(27)25-13-11-24(12-14-25)21(26)15-17-7-9-19(23)10-8-17/h3-10H,2,11-16H2,1H3. The minimum atomic E-state index is -0.313. The lowest BCUT2D eigenvalue weighted by Gasteiger charge is -2.34. The third kappa shape index (κ3) is 5.09. The predicted octanol–water partition coefficient (Wildman–Crippen LogP) is 2.68. The van der Waals surface area contributed by atoms with Crippen molar-refractivity contribution in [2.24, 2.45) is 0 Å². The second-order valence-corrected chi connectivity index (χ2v) is 6.81. The summed E-state index contributed by atoms with van der Waals surface area (Å²) >= 11 is 0. The van der Waals surface area contributed by atoms with Gasteiger partial charge in [-0.1, -0.05) is 37.3 Å². The Morgan fingerprint density at radius 3 is 2.18 bits per heavy atom. The van der Waals surface area contributed by atoms with Gasteiger partial charge in [0, 0.05) is 26.2 Å². The molecule has 0 atom stereocenters. The lowest BCUT2D eigenvalue weighted by Crippen LogP contribution is -2.52. The molecule has 0 spiro atoms. The summed E-state index contributed by atoms with van der Waals surface area (Å²) in [5.74, 6) is 0.349. The number of ether oxygens (including phenoxy) is 1. The Kier molecular flexibility index (Phi) is 6.63. The first kappa shape index (κ1) is 19.9. The van der Waals surface area contributed by atoms with Gasteiger partial charge in [0.2, 0.25) is 5.91 Å². The van der Waals surface area contributed by atoms with Crippen LogP contribution in [0.15, 0.2) is 48.5 Å². The molecule has 0 saturated carbocycles. The van der Waals surface area contributed by atoms with Gasteiger partial charge >= 0.3 is 0 Å². The predicted molar refractivity (Wildman–Crippen MR) is 105 cm³/mol. The molecule has 28 heavy (non-hydrogen) atoms. The van der Waals surface area contributed by atoms with Crippen LogP contribution in [0.5, 0.6) is 5.75 Å². The van der Waals surface area contributed by atoms with Gasteiger partial charge in [-0.25, -0.2) is 4.39 Å². The molecule has 0 N–H and O–H groups in total. The number of carbonyl (C=O) groups is 2. The fourth-order valence-electron chi connectivity index (χ4n) is 3.26. The van der Waals surface area contributed by atoms with Gasteiger partial charge in [0.1, 0.15) is 11.6 Å². The first-order valence-electron chi connectivity index (χ1n) is 9.57. The van der Waals surface area contributed by atoms with Crippen LogP contribution in [0.1, 0.15) is 18.1 Å². The molecule has 1 heterocycles. The van der Waals surface area contributed by atoms with E-state index in [-0.39, 0.29) is 30.7 Å². The van der Waals surface area contributed by atoms with Crippen LogP contribution in [0.2, 0.25) is 0 Å². The summed E-state index contributed by atoms with van der Waals surface area (Å²) in [6, 6.07) is 13.7. The van der Waals surface area contributed by atoms with E-state index in [1.54, 1.807) is 21.9 Å². The minimum Gasteiger partial charge on any atom is -0.483 e. The molecular formula is C22H25FN2O3. The summed E-state index contributed by atoms with van der Waals surface area (Å²) in [5, 5.41) is 0. The van der Waals surface area contributed by atoms with Crippen molar-refractivity contribution in [1.29, 1.82) is 0 Å². The summed E-state index contributed by atoms with van der Waals surface area (Å²) < 4.78 is 18.7. The quantitative estimate of drug-likeness (QED) is 0.769. The third-order valence-electron chi connectivity index (χ3n) is 4.96. The molecular weight excluding hydrogens is 359 g/mol. The van der Waals surface area contributed by atoms with Gasteiger partial charge in [-0.05, 0) is 35.7 Å². The van der Waals surface area contributed by atoms with E-state index in [9.17, 15) is 14.0 Å². The Labute approximate surface area is 164 Å². The highest BCUT2D eigenvalue weighted by Crippen LogP contribution is 2.18. The average Bonchev–Trinajstić information content (AvgIpc) is 2.74. The van der Waals surface area contributed by atoms with E-state index in [2.05, 4.69) is 0 Å². The number of piperazine rings is 1. The second-order valence-electron chi connectivity index (χ2n) is 6.81. The molecule has 1 aliphatic heterocycles. The number of hydrogen-bond donors (Lipinski definition) is 0. The van der Waals surface area contributed by atoms with E-state index in [0.717, 1.165) is 23.3 Å². The molecule has 2 aromatic carbocycles. The highest BCUT2D eigenvalue weighted by molar-refractivity contribution is 5.80. The maximum absolute atomic E-state index is 13.0. The fourth-order valence-corrected chi connectivity index (χ4v) is 3.26. The number of benzene rings is 2. The van der Waals surface area contributed by atoms with Gasteiger partial charge in [-0.2, -0.15) is 0 Å². The Balaban J connectivity index is 1.45. The zero-order valence-corrected chi connectivity index (χ0v) is 16.1. The number of rotatable bonds is 6. The van der Waals surface area contributed by atoms with Crippen LogP contribution in [0.3, 0.4) is 0 Å². The first-order valence-corrected chi connectivity index (χ1v) is 9.57. The van der Waals surface area contributed by atoms with Crippen molar-refractivity contribution in [1.82, 2.24) is 9.80 Å². The molecule has 0 aromatic heterocycles. The van der Waals surface area contributed by atoms with E-state index in [0.29, 0.717) is 26.2 Å². The van der Waals surface area contributed by atoms with Crippen molar-refractivity contribution in [3.63, 3.8) is 0 Å². The molecule has 5 nitrogen and oxygen atoms in total. The molecule has 1 fully saturated rings. The highest BCUT2D eigenvalue weighted by Gasteiger charge is 2.24. The minimum absolute atomic E-state index is 0.000535. The van der Waals surface area contributed by atoms with Crippen molar-refractivity contribution in [3.8, 4) is 5.75 Å². The fraction of sp³-hybridized carbons (Fsp3) is 0.364. The van der Waals surface area contributed by atoms with Gasteiger partial charge in [0.25, 0.3) is 5.91 Å². The van der Waals surface area contributed by atoms with Gasteiger partial charge in [-0.3, -0.25) is 9.59 Å². The van der Waals surface area contributed by atoms with Gasteiger partial charge in [0.05, 0.1) is 6.42 Å². The maximum Gasteiger partial charge on any atom is 0.260 e. The summed E-state index contributed by atoms with van der Waals surface area (Å²) in [4.78, 5) is 28.3. The molecule has 0 radical (unpaired) electrons. The Bertz CT molecular complexity index is 815. The van der Waals surface area contributed by atoms with Gasteiger partial charge in [-0.15, -0.1) is 0 Å². The molecule has 148 valence electrons. The molecule has 3 rings (SSSR count). The van der Waals surface area contributed by atoms with E-state index in [1.807, 2.05) is 31.2 Å². The normalized spacial score (nSPS) is 14.1. The molecule has 2 aromatic rings. The average molecular weight is 384 g/mol. The molecule has 6 heteroatoms. The zero-order valence-electron chi connectivity index (χ0n) is 16.1. The van der Waals surface area contributed by atoms with Crippen LogP contribution in [0.25, 0.3) is 0 Å². The number of carbonyl (C=O) groups excluding carboxylic acids is 2. The SMILES string of the molecule is CCc1ccccc1OCC(=O)N1CCN(C(=O)Cc2ccc(F)cc2)CC1. The summed E-state index contributed by atoms with van der Waals surface area (Å²) in [6.45, 7) is 4.03. The van der Waals surface area contributed by atoms with E-state index in [4.69, 9.17) is 4.74 Å². The smallest absolute Gasteiger partial charge is 0.260 e. The molecule has 0 aliphatic carbocycles. The topological polar surface area (TPSA) is 49.9 Å². The van der Waals surface area contributed by atoms with Crippen LogP contribution in [-0.2, 0) is 22.4 Å². The number of para-hydroxylation sites is 1. The van der Waals surface area contributed by atoms with Gasteiger partial charge in [0.15, 0.2) is 6.61 Å². The third-order valence-corrected chi connectivity index (χ3v) is 4.96. The zero-order chi connectivity index (χ0) is 19.9. The molecule has 1 aliphatic rings. The number of hydrogen-bond acceptors (Lipinski definition) is 3. The number of amides is 2. The lowest BCUT2D eigenvalue weighted by molar-refractivity contribution is -0.140. The number of aryl methyl sites for hydroxylation is 1. The first-order chi connectivity index (χ1) is 13.6. The summed E-state index contributed by atoms with van der Waals surface area (Å²) in [5.41, 5.74) is 1.86. The Morgan fingerprint density at radius 1 is 0.929 bits per heavy atom. The second kappa shape index (κ2) is 9.35.